The van der Waals surface area contributed by atoms with Crippen LogP contribution in [0.2, 0.25) is 5.02 Å². The molecule has 100 valence electrons. The third-order valence-electron chi connectivity index (χ3n) is 2.65. The van der Waals surface area contributed by atoms with Crippen molar-refractivity contribution in [3.8, 4) is 5.69 Å². The Bertz CT molecular complexity index is 626. The zero-order chi connectivity index (χ0) is 14.0. The lowest BCUT2D eigenvalue weighted by Gasteiger charge is -2.07. The number of hydrogen-bond donors (Lipinski definition) is 1. The Labute approximate surface area is 114 Å². The quantitative estimate of drug-likeness (QED) is 0.685. The molecule has 1 aromatic heterocycles. The van der Waals surface area contributed by atoms with Crippen molar-refractivity contribution >= 4 is 23.1 Å². The van der Waals surface area contributed by atoms with Gasteiger partial charge in [-0.3, -0.25) is 10.1 Å². The smallest absolute Gasteiger partial charge is 0.271 e. The van der Waals surface area contributed by atoms with Gasteiger partial charge in [-0.2, -0.15) is 0 Å². The van der Waals surface area contributed by atoms with E-state index >= 15 is 0 Å². The first kappa shape index (κ1) is 13.3. The number of hydrogen-bond acceptors (Lipinski definition) is 5. The minimum absolute atomic E-state index is 0.0593. The molecule has 0 aliphatic rings. The Kier molecular flexibility index (Phi) is 3.66. The van der Waals surface area contributed by atoms with Gasteiger partial charge >= 0.3 is 0 Å². The van der Waals surface area contributed by atoms with E-state index in [1.807, 2.05) is 6.92 Å². The van der Waals surface area contributed by atoms with Crippen molar-refractivity contribution in [2.24, 2.45) is 0 Å². The zero-order valence-corrected chi connectivity index (χ0v) is 11.0. The molecule has 0 saturated carbocycles. The highest BCUT2D eigenvalue weighted by Gasteiger charge is 2.16. The predicted octanol–water partition coefficient (Wildman–Crippen LogP) is 2.36. The summed E-state index contributed by atoms with van der Waals surface area (Å²) in [5, 5.41) is 18.8. The van der Waals surface area contributed by atoms with E-state index in [9.17, 15) is 10.1 Å². The van der Waals surface area contributed by atoms with Crippen molar-refractivity contribution in [1.29, 1.82) is 0 Å². The molecule has 19 heavy (non-hydrogen) atoms. The van der Waals surface area contributed by atoms with Gasteiger partial charge in [-0.15, -0.1) is 5.10 Å². The molecule has 0 atom stereocenters. The summed E-state index contributed by atoms with van der Waals surface area (Å²) >= 11 is 6.06. The van der Waals surface area contributed by atoms with E-state index in [1.165, 1.54) is 22.9 Å². The van der Waals surface area contributed by atoms with Gasteiger partial charge in [0.15, 0.2) is 5.82 Å². The van der Waals surface area contributed by atoms with E-state index in [0.717, 1.165) is 6.42 Å². The van der Waals surface area contributed by atoms with E-state index in [1.54, 1.807) is 0 Å². The fourth-order valence-electron chi connectivity index (χ4n) is 1.75. The maximum atomic E-state index is 10.8. The first-order valence-electron chi connectivity index (χ1n) is 5.69. The Morgan fingerprint density at radius 2 is 2.26 bits per heavy atom. The van der Waals surface area contributed by atoms with E-state index in [0.29, 0.717) is 28.6 Å². The van der Waals surface area contributed by atoms with Gasteiger partial charge in [0.2, 0.25) is 0 Å². The van der Waals surface area contributed by atoms with Crippen molar-refractivity contribution in [2.75, 3.05) is 5.73 Å². The van der Waals surface area contributed by atoms with Gasteiger partial charge in [-0.05, 0) is 12.5 Å². The third kappa shape index (κ3) is 2.50. The van der Waals surface area contributed by atoms with Gasteiger partial charge in [-0.25, -0.2) is 4.68 Å². The molecule has 1 heterocycles. The Balaban J connectivity index is 2.58. The summed E-state index contributed by atoms with van der Waals surface area (Å²) in [5.74, 6) is 0.310. The van der Waals surface area contributed by atoms with Gasteiger partial charge in [0, 0.05) is 12.1 Å². The molecule has 0 amide bonds. The minimum atomic E-state index is -0.486. The van der Waals surface area contributed by atoms with Crippen LogP contribution >= 0.6 is 11.6 Å². The van der Waals surface area contributed by atoms with Crippen LogP contribution in [0.15, 0.2) is 18.2 Å². The first-order valence-corrected chi connectivity index (χ1v) is 6.06. The number of nitrogens with two attached hydrogens (primary N) is 1. The molecule has 0 aliphatic carbocycles. The topological polar surface area (TPSA) is 99.9 Å². The standard InChI is InChI=1S/C11H12ClN5O2/c1-2-3-9-11(13)14-15-16(9)10-6-7(17(18)19)4-5-8(10)12/h4-6H,2-3,13H2,1H3. The van der Waals surface area contributed by atoms with Crippen LogP contribution in [-0.2, 0) is 6.42 Å². The van der Waals surface area contributed by atoms with Crippen LogP contribution in [0.4, 0.5) is 11.5 Å². The maximum Gasteiger partial charge on any atom is 0.271 e. The second kappa shape index (κ2) is 5.23. The average Bonchev–Trinajstić information content (AvgIpc) is 2.72. The summed E-state index contributed by atoms with van der Waals surface area (Å²) in [5.41, 5.74) is 6.79. The van der Waals surface area contributed by atoms with E-state index < -0.39 is 4.92 Å². The molecular formula is C11H12ClN5O2. The van der Waals surface area contributed by atoms with Crippen LogP contribution in [0.3, 0.4) is 0 Å². The summed E-state index contributed by atoms with van der Waals surface area (Å²) in [7, 11) is 0. The third-order valence-corrected chi connectivity index (χ3v) is 2.97. The highest BCUT2D eigenvalue weighted by Crippen LogP contribution is 2.27. The van der Waals surface area contributed by atoms with E-state index in [2.05, 4.69) is 10.3 Å². The molecule has 8 heteroatoms. The van der Waals surface area contributed by atoms with E-state index in [-0.39, 0.29) is 5.69 Å². The Morgan fingerprint density at radius 1 is 1.53 bits per heavy atom. The molecule has 7 nitrogen and oxygen atoms in total. The normalized spacial score (nSPS) is 10.6. The summed E-state index contributed by atoms with van der Waals surface area (Å²) < 4.78 is 1.45. The van der Waals surface area contributed by atoms with Crippen LogP contribution < -0.4 is 5.73 Å². The predicted molar refractivity (Wildman–Crippen MR) is 71.4 cm³/mol. The number of nitro groups is 1. The van der Waals surface area contributed by atoms with Crippen molar-refractivity contribution in [2.45, 2.75) is 19.8 Å². The van der Waals surface area contributed by atoms with Gasteiger partial charge in [-0.1, -0.05) is 30.2 Å². The summed E-state index contributed by atoms with van der Waals surface area (Å²) in [6.07, 6.45) is 1.52. The molecule has 2 rings (SSSR count). The van der Waals surface area contributed by atoms with Gasteiger partial charge in [0.25, 0.3) is 5.69 Å². The lowest BCUT2D eigenvalue weighted by atomic mass is 10.2. The van der Waals surface area contributed by atoms with Crippen molar-refractivity contribution in [1.82, 2.24) is 15.0 Å². The number of nitrogens with zero attached hydrogens (tertiary/aromatic N) is 4. The number of non-ortho nitro benzene ring substituents is 1. The largest absolute Gasteiger partial charge is 0.381 e. The zero-order valence-electron chi connectivity index (χ0n) is 10.2. The van der Waals surface area contributed by atoms with Crippen LogP contribution in [0, 0.1) is 10.1 Å². The van der Waals surface area contributed by atoms with E-state index in [4.69, 9.17) is 17.3 Å². The fraction of sp³-hybridized carbons (Fsp3) is 0.273. The molecule has 0 bridgehead atoms. The first-order chi connectivity index (χ1) is 9.04. The second-order valence-corrected chi connectivity index (χ2v) is 4.38. The summed E-state index contributed by atoms with van der Waals surface area (Å²) in [6.45, 7) is 1.99. The van der Waals surface area contributed by atoms with Crippen LogP contribution in [0.25, 0.3) is 5.69 Å². The van der Waals surface area contributed by atoms with Crippen molar-refractivity contribution in [3.05, 3.63) is 39.0 Å². The summed E-state index contributed by atoms with van der Waals surface area (Å²) in [4.78, 5) is 10.3. The molecule has 0 radical (unpaired) electrons. The molecule has 0 saturated heterocycles. The van der Waals surface area contributed by atoms with Gasteiger partial charge < -0.3 is 5.73 Å². The number of nitrogen functional groups attached to an aromatic ring is 1. The minimum Gasteiger partial charge on any atom is -0.381 e. The number of benzene rings is 1. The van der Waals surface area contributed by atoms with Crippen LogP contribution in [0.5, 0.6) is 0 Å². The summed E-state index contributed by atoms with van der Waals surface area (Å²) in [6, 6.07) is 4.16. The van der Waals surface area contributed by atoms with Crippen molar-refractivity contribution < 1.29 is 4.92 Å². The lowest BCUT2D eigenvalue weighted by Crippen LogP contribution is -2.05. The number of nitro benzene ring substituents is 1. The number of rotatable bonds is 4. The number of halogens is 1. The molecule has 0 aliphatic heterocycles. The molecular weight excluding hydrogens is 270 g/mol. The second-order valence-electron chi connectivity index (χ2n) is 3.98. The lowest BCUT2D eigenvalue weighted by molar-refractivity contribution is -0.384. The molecule has 2 N–H and O–H groups in total. The monoisotopic (exact) mass is 281 g/mol. The van der Waals surface area contributed by atoms with Crippen molar-refractivity contribution in [3.63, 3.8) is 0 Å². The SMILES string of the molecule is CCCc1c(N)nnn1-c1cc([N+](=O)[O-])ccc1Cl. The molecule has 2 aromatic rings. The van der Waals surface area contributed by atoms with Gasteiger partial charge in [0.05, 0.1) is 21.3 Å². The average molecular weight is 282 g/mol. The number of aromatic nitrogens is 3. The molecule has 0 fully saturated rings. The molecule has 1 aromatic carbocycles. The van der Waals surface area contributed by atoms with Crippen LogP contribution in [0.1, 0.15) is 19.0 Å². The number of anilines is 1. The maximum absolute atomic E-state index is 10.8. The highest BCUT2D eigenvalue weighted by molar-refractivity contribution is 6.32. The Hall–Kier alpha value is -2.15. The highest BCUT2D eigenvalue weighted by atomic mass is 35.5. The molecule has 0 unspecified atom stereocenters. The Morgan fingerprint density at radius 3 is 2.89 bits per heavy atom. The van der Waals surface area contributed by atoms with Gasteiger partial charge in [0.1, 0.15) is 0 Å². The fourth-order valence-corrected chi connectivity index (χ4v) is 1.95. The van der Waals surface area contributed by atoms with Crippen LogP contribution in [-0.4, -0.2) is 19.9 Å². The molecule has 0 spiro atoms.